The Morgan fingerprint density at radius 1 is 1.27 bits per heavy atom. The molecule has 1 aliphatic rings. The van der Waals surface area contributed by atoms with E-state index in [1.807, 2.05) is 12.1 Å². The molecule has 0 atom stereocenters. The van der Waals surface area contributed by atoms with Crippen LogP contribution < -0.4 is 0 Å². The fraction of sp³-hybridized carbons (Fsp3) is 0.500. The Labute approximate surface area is 99.0 Å². The molecule has 3 heteroatoms. The summed E-state index contributed by atoms with van der Waals surface area (Å²) in [6.45, 7) is 2.10. The summed E-state index contributed by atoms with van der Waals surface area (Å²) in [5, 5.41) is 10.2. The van der Waals surface area contributed by atoms with Gasteiger partial charge >= 0.3 is 0 Å². The molecule has 0 amide bonds. The average molecular weight is 270 g/mol. The highest BCUT2D eigenvalue weighted by Crippen LogP contribution is 2.28. The third-order valence-electron chi connectivity index (χ3n) is 2.76. The van der Waals surface area contributed by atoms with E-state index in [1.165, 1.54) is 18.4 Å². The molecular weight excluding hydrogens is 254 g/mol. The van der Waals surface area contributed by atoms with Gasteiger partial charge in [-0.1, -0.05) is 28.1 Å². The van der Waals surface area contributed by atoms with Gasteiger partial charge in [-0.05, 0) is 30.5 Å². The Hall–Kier alpha value is -0.540. The Morgan fingerprint density at radius 3 is 2.47 bits per heavy atom. The molecule has 1 fully saturated rings. The minimum atomic E-state index is 0.345. The fourth-order valence-electron chi connectivity index (χ4n) is 1.77. The zero-order chi connectivity index (χ0) is 10.7. The molecule has 1 aromatic carbocycles. The lowest BCUT2D eigenvalue weighted by Gasteiger charge is -2.20. The van der Waals surface area contributed by atoms with Crippen molar-refractivity contribution < 1.29 is 5.11 Å². The van der Waals surface area contributed by atoms with Crippen molar-refractivity contribution in [1.82, 2.24) is 4.90 Å². The van der Waals surface area contributed by atoms with Crippen molar-refractivity contribution in [3.63, 3.8) is 0 Å². The van der Waals surface area contributed by atoms with Crippen LogP contribution >= 0.6 is 15.9 Å². The van der Waals surface area contributed by atoms with E-state index >= 15 is 0 Å². The van der Waals surface area contributed by atoms with Crippen LogP contribution in [0.4, 0.5) is 0 Å². The summed E-state index contributed by atoms with van der Waals surface area (Å²) in [6, 6.07) is 8.30. The number of hydrogen-bond donors (Lipinski definition) is 1. The van der Waals surface area contributed by atoms with Crippen molar-refractivity contribution in [2.75, 3.05) is 11.9 Å². The number of halogens is 1. The first-order valence-electron chi connectivity index (χ1n) is 5.37. The molecule has 1 aliphatic carbocycles. The smallest absolute Gasteiger partial charge is 0.115 e. The van der Waals surface area contributed by atoms with Crippen LogP contribution in [0.25, 0.3) is 0 Å². The summed E-state index contributed by atoms with van der Waals surface area (Å²) in [4.78, 5) is 2.50. The molecule has 0 aliphatic heterocycles. The first kappa shape index (κ1) is 11.0. The van der Waals surface area contributed by atoms with Crippen LogP contribution in [-0.4, -0.2) is 27.9 Å². The maximum absolute atomic E-state index is 9.19. The van der Waals surface area contributed by atoms with Gasteiger partial charge in [-0.15, -0.1) is 0 Å². The minimum absolute atomic E-state index is 0.345. The molecule has 2 nitrogen and oxygen atoms in total. The molecule has 15 heavy (non-hydrogen) atoms. The molecular formula is C12H16BrNO. The molecule has 1 aromatic rings. The Bertz CT molecular complexity index is 308. The van der Waals surface area contributed by atoms with Crippen LogP contribution in [0.3, 0.4) is 0 Å². The molecule has 0 saturated heterocycles. The van der Waals surface area contributed by atoms with Crippen molar-refractivity contribution in [2.45, 2.75) is 25.4 Å². The quantitative estimate of drug-likeness (QED) is 0.832. The van der Waals surface area contributed by atoms with Gasteiger partial charge in [-0.3, -0.25) is 4.90 Å². The number of phenolic OH excluding ortho intramolecular Hbond substituents is 1. The third kappa shape index (κ3) is 3.21. The largest absolute Gasteiger partial charge is 0.508 e. The second kappa shape index (κ2) is 4.99. The van der Waals surface area contributed by atoms with Gasteiger partial charge in [0.05, 0.1) is 0 Å². The van der Waals surface area contributed by atoms with Gasteiger partial charge in [0.25, 0.3) is 0 Å². The van der Waals surface area contributed by atoms with Crippen LogP contribution in [0.5, 0.6) is 5.75 Å². The molecule has 1 saturated carbocycles. The maximum atomic E-state index is 9.19. The monoisotopic (exact) mass is 269 g/mol. The first-order chi connectivity index (χ1) is 7.29. The SMILES string of the molecule is Oc1ccc(CN(CCBr)C2CC2)cc1. The fourth-order valence-corrected chi connectivity index (χ4v) is 2.23. The van der Waals surface area contributed by atoms with Gasteiger partial charge in [0.2, 0.25) is 0 Å². The predicted octanol–water partition coefficient (Wildman–Crippen LogP) is 2.75. The Morgan fingerprint density at radius 2 is 1.93 bits per heavy atom. The van der Waals surface area contributed by atoms with Gasteiger partial charge in [0.1, 0.15) is 5.75 Å². The lowest BCUT2D eigenvalue weighted by Crippen LogP contribution is -2.27. The van der Waals surface area contributed by atoms with E-state index in [0.717, 1.165) is 24.5 Å². The number of benzene rings is 1. The van der Waals surface area contributed by atoms with E-state index in [2.05, 4.69) is 20.8 Å². The minimum Gasteiger partial charge on any atom is -0.508 e. The van der Waals surface area contributed by atoms with E-state index in [1.54, 1.807) is 12.1 Å². The molecule has 0 spiro atoms. The van der Waals surface area contributed by atoms with Crippen LogP contribution in [0.1, 0.15) is 18.4 Å². The van der Waals surface area contributed by atoms with E-state index in [9.17, 15) is 5.11 Å². The highest BCUT2D eigenvalue weighted by Gasteiger charge is 2.28. The number of hydrogen-bond acceptors (Lipinski definition) is 2. The average Bonchev–Trinajstić information content (AvgIpc) is 3.04. The summed E-state index contributed by atoms with van der Waals surface area (Å²) in [5.41, 5.74) is 1.28. The van der Waals surface area contributed by atoms with Crippen molar-refractivity contribution in [3.05, 3.63) is 29.8 Å². The maximum Gasteiger partial charge on any atom is 0.115 e. The van der Waals surface area contributed by atoms with E-state index in [4.69, 9.17) is 0 Å². The zero-order valence-electron chi connectivity index (χ0n) is 8.69. The summed E-state index contributed by atoms with van der Waals surface area (Å²) >= 11 is 3.49. The number of aromatic hydroxyl groups is 1. The van der Waals surface area contributed by atoms with Gasteiger partial charge in [-0.2, -0.15) is 0 Å². The number of nitrogens with zero attached hydrogens (tertiary/aromatic N) is 1. The first-order valence-corrected chi connectivity index (χ1v) is 6.49. The Balaban J connectivity index is 1.95. The van der Waals surface area contributed by atoms with Crippen LogP contribution in [0, 0.1) is 0 Å². The summed E-state index contributed by atoms with van der Waals surface area (Å²) in [7, 11) is 0. The zero-order valence-corrected chi connectivity index (χ0v) is 10.3. The molecule has 1 N–H and O–H groups in total. The van der Waals surface area contributed by atoms with Crippen molar-refractivity contribution in [2.24, 2.45) is 0 Å². The van der Waals surface area contributed by atoms with Gasteiger partial charge in [0.15, 0.2) is 0 Å². The van der Waals surface area contributed by atoms with Crippen LogP contribution in [-0.2, 0) is 6.54 Å². The molecule has 0 radical (unpaired) electrons. The van der Waals surface area contributed by atoms with Gasteiger partial charge in [0, 0.05) is 24.5 Å². The molecule has 0 unspecified atom stereocenters. The lowest BCUT2D eigenvalue weighted by molar-refractivity contribution is 0.272. The highest BCUT2D eigenvalue weighted by atomic mass is 79.9. The summed E-state index contributed by atoms with van der Waals surface area (Å²) in [6.07, 6.45) is 2.68. The van der Waals surface area contributed by atoms with Gasteiger partial charge in [-0.25, -0.2) is 0 Å². The normalized spacial score (nSPS) is 15.9. The van der Waals surface area contributed by atoms with E-state index < -0.39 is 0 Å². The standard InChI is InChI=1S/C12H16BrNO/c13-7-8-14(11-3-4-11)9-10-1-5-12(15)6-2-10/h1-2,5-6,11,15H,3-4,7-9H2. The summed E-state index contributed by atoms with van der Waals surface area (Å²) in [5.74, 6) is 0.345. The van der Waals surface area contributed by atoms with Crippen molar-refractivity contribution >= 4 is 15.9 Å². The van der Waals surface area contributed by atoms with Crippen LogP contribution in [0.2, 0.25) is 0 Å². The van der Waals surface area contributed by atoms with Crippen LogP contribution in [0.15, 0.2) is 24.3 Å². The van der Waals surface area contributed by atoms with Crippen molar-refractivity contribution in [3.8, 4) is 5.75 Å². The lowest BCUT2D eigenvalue weighted by atomic mass is 10.2. The molecule has 0 aromatic heterocycles. The second-order valence-corrected chi connectivity index (χ2v) is 4.85. The highest BCUT2D eigenvalue weighted by molar-refractivity contribution is 9.09. The van der Waals surface area contributed by atoms with Crippen molar-refractivity contribution in [1.29, 1.82) is 0 Å². The van der Waals surface area contributed by atoms with E-state index in [-0.39, 0.29) is 0 Å². The van der Waals surface area contributed by atoms with E-state index in [0.29, 0.717) is 5.75 Å². The molecule has 82 valence electrons. The Kier molecular flexibility index (Phi) is 3.65. The van der Waals surface area contributed by atoms with Gasteiger partial charge < -0.3 is 5.11 Å². The second-order valence-electron chi connectivity index (χ2n) is 4.06. The number of rotatable bonds is 5. The molecule has 0 heterocycles. The predicted molar refractivity (Wildman–Crippen MR) is 65.3 cm³/mol. The third-order valence-corrected chi connectivity index (χ3v) is 3.11. The topological polar surface area (TPSA) is 23.5 Å². The summed E-state index contributed by atoms with van der Waals surface area (Å²) < 4.78 is 0. The number of phenols is 1. The molecule has 0 bridgehead atoms. The molecule has 2 rings (SSSR count). The number of alkyl halides is 1.